The van der Waals surface area contributed by atoms with Crippen molar-refractivity contribution in [3.63, 3.8) is 0 Å². The first-order valence-electron chi connectivity index (χ1n) is 9.86. The highest BCUT2D eigenvalue weighted by Gasteiger charge is 2.12. The van der Waals surface area contributed by atoms with Gasteiger partial charge in [-0.2, -0.15) is 0 Å². The fourth-order valence-electron chi connectivity index (χ4n) is 2.84. The maximum Gasteiger partial charge on any atom is 0.226 e. The van der Waals surface area contributed by atoms with Gasteiger partial charge in [0.25, 0.3) is 0 Å². The molecule has 0 radical (unpaired) electrons. The lowest BCUT2D eigenvalue weighted by Gasteiger charge is -2.12. The summed E-state index contributed by atoms with van der Waals surface area (Å²) >= 11 is 7.71. The van der Waals surface area contributed by atoms with Gasteiger partial charge in [0.15, 0.2) is 11.5 Å². The van der Waals surface area contributed by atoms with Crippen LogP contribution in [0.3, 0.4) is 0 Å². The van der Waals surface area contributed by atoms with Crippen molar-refractivity contribution in [2.45, 2.75) is 32.7 Å². The summed E-state index contributed by atoms with van der Waals surface area (Å²) in [5.74, 6) is 1.30. The van der Waals surface area contributed by atoms with Crippen LogP contribution in [-0.4, -0.2) is 24.6 Å². The number of nitrogens with zero attached hydrogens (tertiary/aromatic N) is 1. The molecule has 1 N–H and O–H groups in total. The Hall–Kier alpha value is -2.57. The Kier molecular flexibility index (Phi) is 8.11. The van der Waals surface area contributed by atoms with Crippen LogP contribution in [0.2, 0.25) is 5.02 Å². The van der Waals surface area contributed by atoms with E-state index in [0.29, 0.717) is 23.9 Å². The third kappa shape index (κ3) is 5.97. The van der Waals surface area contributed by atoms with Gasteiger partial charge in [0.2, 0.25) is 5.91 Å². The molecule has 0 saturated carbocycles. The highest BCUT2D eigenvalue weighted by Crippen LogP contribution is 2.30. The van der Waals surface area contributed by atoms with E-state index < -0.39 is 0 Å². The quantitative estimate of drug-likeness (QED) is 0.419. The molecule has 2 aromatic carbocycles. The molecule has 0 atom stereocenters. The molecule has 0 spiro atoms. The van der Waals surface area contributed by atoms with Gasteiger partial charge in [-0.25, -0.2) is 4.98 Å². The van der Waals surface area contributed by atoms with Crippen LogP contribution >= 0.6 is 22.9 Å². The van der Waals surface area contributed by atoms with Crippen molar-refractivity contribution < 1.29 is 14.3 Å². The molecule has 158 valence electrons. The molecule has 1 heterocycles. The number of thiazole rings is 1. The molecule has 1 amide bonds. The fraction of sp³-hybridized carbons (Fsp3) is 0.304. The van der Waals surface area contributed by atoms with Crippen molar-refractivity contribution in [1.29, 1.82) is 0 Å². The lowest BCUT2D eigenvalue weighted by atomic mass is 10.2. The minimum absolute atomic E-state index is 0.0896. The van der Waals surface area contributed by atoms with Crippen LogP contribution in [0.4, 0.5) is 0 Å². The largest absolute Gasteiger partial charge is 0.493 e. The molecular weight excluding hydrogens is 420 g/mol. The first kappa shape index (κ1) is 22.1. The highest BCUT2D eigenvalue weighted by molar-refractivity contribution is 7.13. The average Bonchev–Trinajstić information content (AvgIpc) is 3.21. The summed E-state index contributed by atoms with van der Waals surface area (Å²) in [6, 6.07) is 13.3. The summed E-state index contributed by atoms with van der Waals surface area (Å²) in [7, 11) is 1.61. The van der Waals surface area contributed by atoms with Crippen LogP contribution in [0, 0.1) is 0 Å². The summed E-state index contributed by atoms with van der Waals surface area (Å²) in [6.07, 6.45) is 2.29. The van der Waals surface area contributed by atoms with E-state index in [2.05, 4.69) is 17.2 Å². The predicted molar refractivity (Wildman–Crippen MR) is 122 cm³/mol. The SMILES string of the molecule is CCCCOc1ccc(CNC(=O)Cc2csc(-c3ccccc3Cl)n2)cc1OC. The van der Waals surface area contributed by atoms with E-state index in [4.69, 9.17) is 21.1 Å². The predicted octanol–water partition coefficient (Wildman–Crippen LogP) is 5.51. The van der Waals surface area contributed by atoms with Crippen LogP contribution in [0.25, 0.3) is 10.6 Å². The van der Waals surface area contributed by atoms with E-state index in [0.717, 1.165) is 40.4 Å². The minimum Gasteiger partial charge on any atom is -0.493 e. The molecule has 0 saturated heterocycles. The van der Waals surface area contributed by atoms with Gasteiger partial charge in [-0.3, -0.25) is 4.79 Å². The molecule has 0 aliphatic rings. The standard InChI is InChI=1S/C23H25ClN2O3S/c1-3-4-11-29-20-10-9-16(12-21(20)28-2)14-25-22(27)13-17-15-30-23(26-17)18-7-5-6-8-19(18)24/h5-10,12,15H,3-4,11,13-14H2,1-2H3,(H,25,27). The average molecular weight is 445 g/mol. The number of benzene rings is 2. The number of ether oxygens (including phenoxy) is 2. The van der Waals surface area contributed by atoms with E-state index in [1.54, 1.807) is 7.11 Å². The molecule has 5 nitrogen and oxygen atoms in total. The second-order valence-corrected chi connectivity index (χ2v) is 8.03. The van der Waals surface area contributed by atoms with Crippen LogP contribution < -0.4 is 14.8 Å². The number of hydrogen-bond donors (Lipinski definition) is 1. The van der Waals surface area contributed by atoms with Gasteiger partial charge in [-0.05, 0) is 30.2 Å². The topological polar surface area (TPSA) is 60.5 Å². The fourth-order valence-corrected chi connectivity index (χ4v) is 3.98. The zero-order chi connectivity index (χ0) is 21.3. The zero-order valence-electron chi connectivity index (χ0n) is 17.1. The van der Waals surface area contributed by atoms with Gasteiger partial charge in [-0.15, -0.1) is 11.3 Å². The lowest BCUT2D eigenvalue weighted by Crippen LogP contribution is -2.24. The summed E-state index contributed by atoms with van der Waals surface area (Å²) in [6.45, 7) is 3.19. The zero-order valence-corrected chi connectivity index (χ0v) is 18.7. The third-order valence-electron chi connectivity index (χ3n) is 4.47. The number of amides is 1. The Labute approximate surface area is 186 Å². The van der Waals surface area contributed by atoms with Crippen molar-refractivity contribution in [2.75, 3.05) is 13.7 Å². The van der Waals surface area contributed by atoms with Gasteiger partial charge < -0.3 is 14.8 Å². The number of hydrogen-bond acceptors (Lipinski definition) is 5. The van der Waals surface area contributed by atoms with Crippen molar-refractivity contribution in [3.8, 4) is 22.1 Å². The monoisotopic (exact) mass is 444 g/mol. The van der Waals surface area contributed by atoms with E-state index >= 15 is 0 Å². The van der Waals surface area contributed by atoms with Gasteiger partial charge >= 0.3 is 0 Å². The molecular formula is C23H25ClN2O3S. The molecule has 0 aliphatic heterocycles. The number of unbranched alkanes of at least 4 members (excludes halogenated alkanes) is 1. The van der Waals surface area contributed by atoms with E-state index in [9.17, 15) is 4.79 Å². The van der Waals surface area contributed by atoms with Crippen molar-refractivity contribution in [2.24, 2.45) is 0 Å². The Morgan fingerprint density at radius 3 is 2.80 bits per heavy atom. The van der Waals surface area contributed by atoms with Crippen LogP contribution in [0.1, 0.15) is 31.0 Å². The first-order valence-corrected chi connectivity index (χ1v) is 11.1. The van der Waals surface area contributed by atoms with Gasteiger partial charge in [0, 0.05) is 17.5 Å². The van der Waals surface area contributed by atoms with Gasteiger partial charge in [0.05, 0.1) is 30.9 Å². The molecule has 0 aliphatic carbocycles. The molecule has 7 heteroatoms. The van der Waals surface area contributed by atoms with E-state index in [-0.39, 0.29) is 12.3 Å². The molecule has 0 fully saturated rings. The summed E-state index contributed by atoms with van der Waals surface area (Å²) in [5.41, 5.74) is 2.55. The second-order valence-electron chi connectivity index (χ2n) is 6.76. The maximum absolute atomic E-state index is 12.4. The highest BCUT2D eigenvalue weighted by atomic mass is 35.5. The van der Waals surface area contributed by atoms with Crippen molar-refractivity contribution in [1.82, 2.24) is 10.3 Å². The van der Waals surface area contributed by atoms with Crippen molar-refractivity contribution in [3.05, 3.63) is 64.1 Å². The number of carbonyl (C=O) groups is 1. The Morgan fingerprint density at radius 2 is 2.03 bits per heavy atom. The molecule has 3 aromatic rings. The lowest BCUT2D eigenvalue weighted by molar-refractivity contribution is -0.120. The third-order valence-corrected chi connectivity index (χ3v) is 5.72. The maximum atomic E-state index is 12.4. The Morgan fingerprint density at radius 1 is 1.20 bits per heavy atom. The summed E-state index contributed by atoms with van der Waals surface area (Å²) < 4.78 is 11.2. The van der Waals surface area contributed by atoms with Gasteiger partial charge in [-0.1, -0.05) is 49.2 Å². The number of methoxy groups -OCH3 is 1. The molecule has 1 aromatic heterocycles. The van der Waals surface area contributed by atoms with Crippen LogP contribution in [0.5, 0.6) is 11.5 Å². The molecule has 0 bridgehead atoms. The van der Waals surface area contributed by atoms with E-state index in [1.807, 2.05) is 47.8 Å². The van der Waals surface area contributed by atoms with Crippen LogP contribution in [0.15, 0.2) is 47.8 Å². The van der Waals surface area contributed by atoms with Crippen molar-refractivity contribution >= 4 is 28.8 Å². The summed E-state index contributed by atoms with van der Waals surface area (Å²) in [5, 5.41) is 6.29. The van der Waals surface area contributed by atoms with Gasteiger partial charge in [0.1, 0.15) is 5.01 Å². The minimum atomic E-state index is -0.0896. The first-order chi connectivity index (χ1) is 14.6. The Bertz CT molecular complexity index is 990. The number of carbonyl (C=O) groups excluding carboxylic acids is 1. The number of rotatable bonds is 10. The van der Waals surface area contributed by atoms with E-state index in [1.165, 1.54) is 11.3 Å². The number of nitrogens with one attached hydrogen (secondary N) is 1. The molecule has 30 heavy (non-hydrogen) atoms. The normalized spacial score (nSPS) is 10.6. The summed E-state index contributed by atoms with van der Waals surface area (Å²) in [4.78, 5) is 16.9. The Balaban J connectivity index is 1.55. The smallest absolute Gasteiger partial charge is 0.226 e. The second kappa shape index (κ2) is 11.0. The van der Waals surface area contributed by atoms with Crippen LogP contribution in [-0.2, 0) is 17.8 Å². The molecule has 0 unspecified atom stereocenters. The number of halogens is 1. The number of aromatic nitrogens is 1. The molecule has 3 rings (SSSR count).